The summed E-state index contributed by atoms with van der Waals surface area (Å²) in [5.41, 5.74) is 4.30. The molecule has 27 heavy (non-hydrogen) atoms. The molecular weight excluding hydrogens is 360 g/mol. The lowest BCUT2D eigenvalue weighted by Crippen LogP contribution is -2.12. The van der Waals surface area contributed by atoms with Gasteiger partial charge in [0.25, 0.3) is 0 Å². The summed E-state index contributed by atoms with van der Waals surface area (Å²) in [6.45, 7) is 2.06. The molecule has 1 aromatic heterocycles. The maximum absolute atomic E-state index is 12.2. The van der Waals surface area contributed by atoms with E-state index in [9.17, 15) is 9.59 Å². The van der Waals surface area contributed by atoms with Crippen LogP contribution in [0.2, 0.25) is 0 Å². The summed E-state index contributed by atoms with van der Waals surface area (Å²) in [5, 5.41) is 5.79. The molecule has 1 amide bonds. The van der Waals surface area contributed by atoms with Gasteiger partial charge in [0.05, 0.1) is 18.4 Å². The molecule has 0 aliphatic carbocycles. The first-order chi connectivity index (χ1) is 13.0. The minimum absolute atomic E-state index is 0.0917. The number of amides is 1. The Morgan fingerprint density at radius 2 is 1.93 bits per heavy atom. The zero-order chi connectivity index (χ0) is 19.2. The van der Waals surface area contributed by atoms with Crippen LogP contribution in [0.1, 0.15) is 28.0 Å². The predicted octanol–water partition coefficient (Wildman–Crippen LogP) is 4.48. The number of hydrogen-bond acceptors (Lipinski definition) is 5. The van der Waals surface area contributed by atoms with Crippen LogP contribution >= 0.6 is 11.3 Å². The summed E-state index contributed by atoms with van der Waals surface area (Å²) in [6.07, 6.45) is 0.921. The lowest BCUT2D eigenvalue weighted by Gasteiger charge is -2.05. The quantitative estimate of drug-likeness (QED) is 0.641. The molecule has 0 bridgehead atoms. The van der Waals surface area contributed by atoms with Crippen LogP contribution in [0.3, 0.4) is 0 Å². The van der Waals surface area contributed by atoms with Gasteiger partial charge in [-0.2, -0.15) is 0 Å². The highest BCUT2D eigenvalue weighted by Gasteiger charge is 2.09. The number of anilines is 1. The number of benzene rings is 2. The van der Waals surface area contributed by atoms with Gasteiger partial charge in [0.15, 0.2) is 0 Å². The number of aromatic nitrogens is 1. The van der Waals surface area contributed by atoms with Gasteiger partial charge >= 0.3 is 5.97 Å². The zero-order valence-electron chi connectivity index (χ0n) is 15.2. The SMILES string of the molecule is COC(=O)c1ccc(NC(=O)CCc2csc(-c3cccc(C)c3)n2)cc1. The van der Waals surface area contributed by atoms with Crippen molar-refractivity contribution in [2.24, 2.45) is 0 Å². The highest BCUT2D eigenvalue weighted by atomic mass is 32.1. The minimum Gasteiger partial charge on any atom is -0.465 e. The average molecular weight is 380 g/mol. The van der Waals surface area contributed by atoms with E-state index in [-0.39, 0.29) is 5.91 Å². The number of thiazole rings is 1. The molecule has 2 aromatic carbocycles. The molecule has 3 aromatic rings. The van der Waals surface area contributed by atoms with Gasteiger partial charge in [-0.3, -0.25) is 4.79 Å². The molecule has 0 spiro atoms. The van der Waals surface area contributed by atoms with Crippen LogP contribution < -0.4 is 5.32 Å². The van der Waals surface area contributed by atoms with Gasteiger partial charge in [0.1, 0.15) is 5.01 Å². The Kier molecular flexibility index (Phi) is 5.98. The summed E-state index contributed by atoms with van der Waals surface area (Å²) < 4.78 is 4.65. The van der Waals surface area contributed by atoms with E-state index in [4.69, 9.17) is 0 Å². The highest BCUT2D eigenvalue weighted by Crippen LogP contribution is 2.25. The highest BCUT2D eigenvalue weighted by molar-refractivity contribution is 7.13. The molecule has 138 valence electrons. The van der Waals surface area contributed by atoms with E-state index in [2.05, 4.69) is 34.1 Å². The van der Waals surface area contributed by atoms with Crippen molar-refractivity contribution in [2.75, 3.05) is 12.4 Å². The molecule has 6 heteroatoms. The Balaban J connectivity index is 1.54. The Morgan fingerprint density at radius 3 is 2.63 bits per heavy atom. The van der Waals surface area contributed by atoms with Crippen molar-refractivity contribution in [1.82, 2.24) is 4.98 Å². The average Bonchev–Trinajstić information content (AvgIpc) is 3.15. The summed E-state index contributed by atoms with van der Waals surface area (Å²) in [6, 6.07) is 14.8. The first kappa shape index (κ1) is 18.8. The van der Waals surface area contributed by atoms with Crippen molar-refractivity contribution >= 4 is 28.9 Å². The van der Waals surface area contributed by atoms with E-state index in [0.29, 0.717) is 24.1 Å². The van der Waals surface area contributed by atoms with Crippen molar-refractivity contribution in [2.45, 2.75) is 19.8 Å². The minimum atomic E-state index is -0.402. The van der Waals surface area contributed by atoms with E-state index in [0.717, 1.165) is 16.3 Å². The third-order valence-electron chi connectivity index (χ3n) is 4.01. The lowest BCUT2D eigenvalue weighted by molar-refractivity contribution is -0.116. The van der Waals surface area contributed by atoms with Crippen LogP contribution in [0.4, 0.5) is 5.69 Å². The van der Waals surface area contributed by atoms with Gasteiger partial charge in [-0.25, -0.2) is 9.78 Å². The largest absolute Gasteiger partial charge is 0.465 e. The Labute approximate surface area is 162 Å². The van der Waals surface area contributed by atoms with Gasteiger partial charge in [-0.15, -0.1) is 11.3 Å². The van der Waals surface area contributed by atoms with Crippen LogP contribution in [-0.4, -0.2) is 24.0 Å². The summed E-state index contributed by atoms with van der Waals surface area (Å²) in [5.74, 6) is -0.494. The first-order valence-corrected chi connectivity index (χ1v) is 9.43. The number of ether oxygens (including phenoxy) is 1. The maximum Gasteiger partial charge on any atom is 0.337 e. The summed E-state index contributed by atoms with van der Waals surface area (Å²) in [7, 11) is 1.33. The van der Waals surface area contributed by atoms with Crippen molar-refractivity contribution < 1.29 is 14.3 Å². The molecule has 0 saturated heterocycles. The Morgan fingerprint density at radius 1 is 1.15 bits per heavy atom. The maximum atomic E-state index is 12.2. The molecule has 0 fully saturated rings. The van der Waals surface area contributed by atoms with Gasteiger partial charge in [-0.1, -0.05) is 23.8 Å². The molecule has 3 rings (SSSR count). The number of carbonyl (C=O) groups is 2. The van der Waals surface area contributed by atoms with Crippen molar-refractivity contribution in [3.05, 3.63) is 70.7 Å². The fourth-order valence-corrected chi connectivity index (χ4v) is 3.46. The number of aryl methyl sites for hydroxylation is 2. The van der Waals surface area contributed by atoms with E-state index >= 15 is 0 Å². The van der Waals surface area contributed by atoms with Crippen molar-refractivity contribution in [3.8, 4) is 10.6 Å². The van der Waals surface area contributed by atoms with Crippen molar-refractivity contribution in [3.63, 3.8) is 0 Å². The second-order valence-corrected chi connectivity index (χ2v) is 6.99. The van der Waals surface area contributed by atoms with Crippen LogP contribution in [0.25, 0.3) is 10.6 Å². The van der Waals surface area contributed by atoms with E-state index in [1.54, 1.807) is 35.6 Å². The molecular formula is C21H20N2O3S. The third-order valence-corrected chi connectivity index (χ3v) is 4.95. The first-order valence-electron chi connectivity index (χ1n) is 8.55. The van der Waals surface area contributed by atoms with Crippen molar-refractivity contribution in [1.29, 1.82) is 0 Å². The van der Waals surface area contributed by atoms with Crippen LogP contribution in [0.5, 0.6) is 0 Å². The molecule has 1 N–H and O–H groups in total. The zero-order valence-corrected chi connectivity index (χ0v) is 16.0. The smallest absolute Gasteiger partial charge is 0.337 e. The molecule has 0 aliphatic heterocycles. The monoisotopic (exact) mass is 380 g/mol. The number of hydrogen-bond donors (Lipinski definition) is 1. The second kappa shape index (κ2) is 8.60. The van der Waals surface area contributed by atoms with Crippen LogP contribution in [-0.2, 0) is 16.0 Å². The lowest BCUT2D eigenvalue weighted by atomic mass is 10.1. The molecule has 5 nitrogen and oxygen atoms in total. The number of nitrogens with one attached hydrogen (secondary N) is 1. The molecule has 0 saturated carbocycles. The predicted molar refractivity (Wildman–Crippen MR) is 107 cm³/mol. The van der Waals surface area contributed by atoms with Crippen LogP contribution in [0, 0.1) is 6.92 Å². The van der Waals surface area contributed by atoms with Gasteiger partial charge in [-0.05, 0) is 43.7 Å². The molecule has 0 aliphatic rings. The number of carbonyl (C=O) groups excluding carboxylic acids is 2. The van der Waals surface area contributed by atoms with Crippen LogP contribution in [0.15, 0.2) is 53.9 Å². The van der Waals surface area contributed by atoms with Gasteiger partial charge < -0.3 is 10.1 Å². The fraction of sp³-hybridized carbons (Fsp3) is 0.190. The fourth-order valence-electron chi connectivity index (χ4n) is 2.61. The summed E-state index contributed by atoms with van der Waals surface area (Å²) in [4.78, 5) is 28.2. The summed E-state index contributed by atoms with van der Waals surface area (Å²) >= 11 is 1.59. The van der Waals surface area contributed by atoms with Gasteiger partial charge in [0, 0.05) is 23.1 Å². The molecule has 0 unspecified atom stereocenters. The number of methoxy groups -OCH3 is 1. The topological polar surface area (TPSA) is 68.3 Å². The molecule has 1 heterocycles. The number of nitrogens with zero attached hydrogens (tertiary/aromatic N) is 1. The Bertz CT molecular complexity index is 948. The molecule has 0 atom stereocenters. The van der Waals surface area contributed by atoms with E-state index in [1.807, 2.05) is 17.5 Å². The van der Waals surface area contributed by atoms with E-state index < -0.39 is 5.97 Å². The molecule has 0 radical (unpaired) electrons. The normalized spacial score (nSPS) is 10.4. The van der Waals surface area contributed by atoms with Gasteiger partial charge in [0.2, 0.25) is 5.91 Å². The standard InChI is InChI=1S/C21H20N2O3S/c1-14-4-3-5-16(12-14)20-23-18(13-27-20)10-11-19(24)22-17-8-6-15(7-9-17)21(25)26-2/h3-9,12-13H,10-11H2,1-2H3,(H,22,24). The van der Waals surface area contributed by atoms with E-state index in [1.165, 1.54) is 12.7 Å². The third kappa shape index (κ3) is 5.01. The number of rotatable bonds is 6. The second-order valence-electron chi connectivity index (χ2n) is 6.13. The number of esters is 1. The Hall–Kier alpha value is -2.99.